The van der Waals surface area contributed by atoms with Gasteiger partial charge < -0.3 is 25.0 Å². The van der Waals surface area contributed by atoms with Crippen LogP contribution < -0.4 is 4.74 Å². The van der Waals surface area contributed by atoms with Gasteiger partial charge in [0.15, 0.2) is 5.69 Å². The number of ether oxygens (including phenoxy) is 1. The van der Waals surface area contributed by atoms with Gasteiger partial charge in [0.05, 0.1) is 24.3 Å². The maximum atomic E-state index is 13.6. The fraction of sp³-hybridized carbons (Fsp3) is 0.370. The van der Waals surface area contributed by atoms with E-state index in [1.807, 2.05) is 13.8 Å². The maximum absolute atomic E-state index is 13.6. The Bertz CT molecular complexity index is 1240. The molecule has 0 fully saturated rings. The SMILES string of the molecule is CC(C)c1c(C(=O)N(C)Cc2ccc(F)cc2)nn(-c2ccc(F)cc2)c1OC[C@@H](O)C[C@@H](O)CC(=O)O. The first-order valence-corrected chi connectivity index (χ1v) is 12.1. The molecule has 0 saturated carbocycles. The molecular formula is C27H31F2N3O6. The van der Waals surface area contributed by atoms with E-state index in [0.29, 0.717) is 16.8 Å². The molecule has 2 atom stereocenters. The van der Waals surface area contributed by atoms with Gasteiger partial charge in [0.1, 0.15) is 18.2 Å². The molecule has 204 valence electrons. The van der Waals surface area contributed by atoms with Gasteiger partial charge in [-0.25, -0.2) is 13.5 Å². The summed E-state index contributed by atoms with van der Waals surface area (Å²) in [5, 5.41) is 33.5. The molecule has 11 heteroatoms. The summed E-state index contributed by atoms with van der Waals surface area (Å²) in [7, 11) is 1.58. The largest absolute Gasteiger partial charge is 0.481 e. The summed E-state index contributed by atoms with van der Waals surface area (Å²) in [6, 6.07) is 11.2. The first kappa shape index (κ1) is 28.7. The van der Waals surface area contributed by atoms with Gasteiger partial charge in [-0.2, -0.15) is 5.10 Å². The molecule has 2 aromatic carbocycles. The number of benzene rings is 2. The number of carbonyl (C=O) groups excluding carboxylic acids is 1. The number of hydrogen-bond donors (Lipinski definition) is 3. The lowest BCUT2D eigenvalue weighted by atomic mass is 10.0. The number of rotatable bonds is 12. The van der Waals surface area contributed by atoms with Crippen LogP contribution in [0.2, 0.25) is 0 Å². The highest BCUT2D eigenvalue weighted by Crippen LogP contribution is 2.33. The van der Waals surface area contributed by atoms with Gasteiger partial charge in [-0.15, -0.1) is 0 Å². The Labute approximate surface area is 218 Å². The van der Waals surface area contributed by atoms with E-state index in [0.717, 1.165) is 0 Å². The van der Waals surface area contributed by atoms with Gasteiger partial charge in [-0.3, -0.25) is 9.59 Å². The maximum Gasteiger partial charge on any atom is 0.305 e. The summed E-state index contributed by atoms with van der Waals surface area (Å²) >= 11 is 0. The third kappa shape index (κ3) is 7.36. The number of amides is 1. The number of halogens is 2. The van der Waals surface area contributed by atoms with Crippen LogP contribution in [0.4, 0.5) is 8.78 Å². The smallest absolute Gasteiger partial charge is 0.305 e. The van der Waals surface area contributed by atoms with Crippen molar-refractivity contribution in [2.45, 2.75) is 51.4 Å². The molecule has 3 rings (SSSR count). The van der Waals surface area contributed by atoms with Crippen LogP contribution in [-0.2, 0) is 11.3 Å². The molecule has 38 heavy (non-hydrogen) atoms. The summed E-state index contributed by atoms with van der Waals surface area (Å²) in [4.78, 5) is 25.7. The van der Waals surface area contributed by atoms with E-state index < -0.39 is 36.3 Å². The van der Waals surface area contributed by atoms with Crippen molar-refractivity contribution in [3.63, 3.8) is 0 Å². The van der Waals surface area contributed by atoms with E-state index in [-0.39, 0.29) is 42.9 Å². The van der Waals surface area contributed by atoms with Crippen LogP contribution in [0.3, 0.4) is 0 Å². The molecule has 3 aromatic rings. The van der Waals surface area contributed by atoms with Gasteiger partial charge >= 0.3 is 5.97 Å². The molecule has 1 amide bonds. The summed E-state index contributed by atoms with van der Waals surface area (Å²) in [6.45, 7) is 3.55. The minimum absolute atomic E-state index is 0.0874. The zero-order chi connectivity index (χ0) is 28.0. The Morgan fingerprint density at radius 2 is 1.58 bits per heavy atom. The monoisotopic (exact) mass is 531 g/mol. The van der Waals surface area contributed by atoms with Crippen molar-refractivity contribution in [1.82, 2.24) is 14.7 Å². The van der Waals surface area contributed by atoms with Crippen LogP contribution in [-0.4, -0.2) is 67.7 Å². The van der Waals surface area contributed by atoms with Crippen molar-refractivity contribution in [3.8, 4) is 11.6 Å². The molecule has 0 spiro atoms. The summed E-state index contributed by atoms with van der Waals surface area (Å²) in [6.07, 6.45) is -3.24. The number of aliphatic carboxylic acids is 1. The molecular weight excluding hydrogens is 500 g/mol. The Hall–Kier alpha value is -3.83. The van der Waals surface area contributed by atoms with E-state index >= 15 is 0 Å². The first-order chi connectivity index (χ1) is 18.0. The van der Waals surface area contributed by atoms with E-state index in [4.69, 9.17) is 9.84 Å². The van der Waals surface area contributed by atoms with E-state index in [1.165, 1.54) is 46.0 Å². The number of carboxylic acids is 1. The molecule has 0 bridgehead atoms. The van der Waals surface area contributed by atoms with E-state index in [9.17, 15) is 28.6 Å². The number of aromatic nitrogens is 2. The standard InChI is InChI=1S/C27H31F2N3O6/c1-16(2)24-25(26(37)31(3)14-17-4-6-18(28)7-5-17)30-32(20-10-8-19(29)9-11-20)27(24)38-15-22(34)12-21(33)13-23(35)36/h4-11,16,21-22,33-34H,12-15H2,1-3H3,(H,35,36)/t21-,22+/m1/s1. The zero-order valence-electron chi connectivity index (χ0n) is 21.3. The molecule has 9 nitrogen and oxygen atoms in total. The van der Waals surface area contributed by atoms with Crippen LogP contribution in [0.1, 0.15) is 54.2 Å². The topological polar surface area (TPSA) is 125 Å². The third-order valence-corrected chi connectivity index (χ3v) is 5.78. The lowest BCUT2D eigenvalue weighted by molar-refractivity contribution is -0.139. The second kappa shape index (κ2) is 12.6. The average Bonchev–Trinajstić information content (AvgIpc) is 3.23. The number of aliphatic hydroxyl groups excluding tert-OH is 2. The number of carbonyl (C=O) groups is 2. The van der Waals surface area contributed by atoms with Crippen LogP contribution in [0.25, 0.3) is 5.69 Å². The predicted molar refractivity (Wildman–Crippen MR) is 134 cm³/mol. The zero-order valence-corrected chi connectivity index (χ0v) is 21.3. The Morgan fingerprint density at radius 3 is 2.13 bits per heavy atom. The molecule has 0 radical (unpaired) electrons. The summed E-state index contributed by atoms with van der Waals surface area (Å²) < 4.78 is 34.1. The van der Waals surface area contributed by atoms with Gasteiger partial charge in [0.2, 0.25) is 5.88 Å². The molecule has 0 unspecified atom stereocenters. The highest BCUT2D eigenvalue weighted by molar-refractivity contribution is 5.94. The highest BCUT2D eigenvalue weighted by Gasteiger charge is 2.29. The van der Waals surface area contributed by atoms with Crippen molar-refractivity contribution in [3.05, 3.63) is 77.0 Å². The molecule has 0 aliphatic carbocycles. The quantitative estimate of drug-likeness (QED) is 0.327. The fourth-order valence-electron chi connectivity index (χ4n) is 3.95. The van der Waals surface area contributed by atoms with Crippen LogP contribution >= 0.6 is 0 Å². The van der Waals surface area contributed by atoms with Crippen LogP contribution in [0.5, 0.6) is 5.88 Å². The minimum atomic E-state index is -1.27. The molecule has 0 saturated heterocycles. The highest BCUT2D eigenvalue weighted by atomic mass is 19.1. The van der Waals surface area contributed by atoms with Gasteiger partial charge in [0.25, 0.3) is 5.91 Å². The molecule has 1 aromatic heterocycles. The molecule has 1 heterocycles. The summed E-state index contributed by atoms with van der Waals surface area (Å²) in [5.41, 5.74) is 1.66. The Balaban J connectivity index is 1.95. The minimum Gasteiger partial charge on any atom is -0.481 e. The number of carboxylic acid groups (broad SMARTS) is 1. The molecule has 3 N–H and O–H groups in total. The van der Waals surface area contributed by atoms with E-state index in [1.54, 1.807) is 19.2 Å². The first-order valence-electron chi connectivity index (χ1n) is 12.1. The number of nitrogens with zero attached hydrogens (tertiary/aromatic N) is 3. The third-order valence-electron chi connectivity index (χ3n) is 5.78. The van der Waals surface area contributed by atoms with Crippen LogP contribution in [0, 0.1) is 11.6 Å². The number of aliphatic hydroxyl groups is 2. The summed E-state index contributed by atoms with van der Waals surface area (Å²) in [5.74, 6) is -2.59. The van der Waals surface area contributed by atoms with E-state index in [2.05, 4.69) is 5.10 Å². The van der Waals surface area contributed by atoms with Gasteiger partial charge in [0, 0.05) is 25.6 Å². The Morgan fingerprint density at radius 1 is 1.00 bits per heavy atom. The number of hydrogen-bond acceptors (Lipinski definition) is 6. The second-order valence-corrected chi connectivity index (χ2v) is 9.35. The van der Waals surface area contributed by atoms with Crippen molar-refractivity contribution in [2.75, 3.05) is 13.7 Å². The van der Waals surface area contributed by atoms with Crippen molar-refractivity contribution < 1.29 is 38.4 Å². The van der Waals surface area contributed by atoms with Crippen molar-refractivity contribution in [1.29, 1.82) is 0 Å². The second-order valence-electron chi connectivity index (χ2n) is 9.35. The predicted octanol–water partition coefficient (Wildman–Crippen LogP) is 3.51. The molecule has 0 aliphatic heterocycles. The average molecular weight is 532 g/mol. The van der Waals surface area contributed by atoms with Crippen LogP contribution in [0.15, 0.2) is 48.5 Å². The molecule has 0 aliphatic rings. The van der Waals surface area contributed by atoms with Crippen molar-refractivity contribution in [2.24, 2.45) is 0 Å². The lowest BCUT2D eigenvalue weighted by Gasteiger charge is -2.19. The fourth-order valence-corrected chi connectivity index (χ4v) is 3.95. The normalized spacial score (nSPS) is 12.8. The van der Waals surface area contributed by atoms with Crippen molar-refractivity contribution >= 4 is 11.9 Å². The lowest BCUT2D eigenvalue weighted by Crippen LogP contribution is -2.28. The Kier molecular flexibility index (Phi) is 9.54. The van der Waals surface area contributed by atoms with Gasteiger partial charge in [-0.05, 0) is 47.9 Å². The van der Waals surface area contributed by atoms with Gasteiger partial charge in [-0.1, -0.05) is 26.0 Å².